The predicted molar refractivity (Wildman–Crippen MR) is 109 cm³/mol. The maximum Gasteiger partial charge on any atom is 0.271 e. The summed E-state index contributed by atoms with van der Waals surface area (Å²) in [4.78, 5) is 12.5. The molecule has 0 spiro atoms. The summed E-state index contributed by atoms with van der Waals surface area (Å²) in [6, 6.07) is 15.7. The standard InChI is InChI=1S/C19H17N3O4S2/c1-13(14-8-10-15(23)11-9-14)20-21-19(24)16-5-2-3-6-17(16)22-28(25,26)18-7-4-12-27-18/h2-12,20,22-23H,1H2,(H,21,24). The van der Waals surface area contributed by atoms with Gasteiger partial charge in [0.25, 0.3) is 15.9 Å². The molecule has 0 aliphatic carbocycles. The molecule has 0 bridgehead atoms. The van der Waals surface area contributed by atoms with E-state index in [1.807, 2.05) is 0 Å². The topological polar surface area (TPSA) is 108 Å². The molecule has 4 N–H and O–H groups in total. The highest BCUT2D eigenvalue weighted by Crippen LogP contribution is 2.23. The van der Waals surface area contributed by atoms with Crippen molar-refractivity contribution in [1.29, 1.82) is 0 Å². The predicted octanol–water partition coefficient (Wildman–Crippen LogP) is 3.16. The summed E-state index contributed by atoms with van der Waals surface area (Å²) < 4.78 is 27.5. The van der Waals surface area contributed by atoms with Gasteiger partial charge >= 0.3 is 0 Å². The van der Waals surface area contributed by atoms with Gasteiger partial charge in [-0.3, -0.25) is 20.4 Å². The second-order valence-corrected chi connectivity index (χ2v) is 8.54. The van der Waals surface area contributed by atoms with E-state index in [0.717, 1.165) is 11.3 Å². The van der Waals surface area contributed by atoms with Crippen LogP contribution in [-0.2, 0) is 10.0 Å². The Morgan fingerprint density at radius 1 is 0.964 bits per heavy atom. The van der Waals surface area contributed by atoms with E-state index in [4.69, 9.17) is 0 Å². The molecule has 0 saturated heterocycles. The summed E-state index contributed by atoms with van der Waals surface area (Å²) in [5.74, 6) is -0.419. The molecule has 9 heteroatoms. The SMILES string of the molecule is C=C(NNC(=O)c1ccccc1NS(=O)(=O)c1cccs1)c1ccc(O)cc1. The fourth-order valence-corrected chi connectivity index (χ4v) is 4.39. The van der Waals surface area contributed by atoms with Crippen LogP contribution >= 0.6 is 11.3 Å². The highest BCUT2D eigenvalue weighted by atomic mass is 32.2. The number of benzene rings is 2. The van der Waals surface area contributed by atoms with Crippen LogP contribution in [0.2, 0.25) is 0 Å². The minimum atomic E-state index is -3.78. The average Bonchev–Trinajstić information content (AvgIpc) is 3.22. The largest absolute Gasteiger partial charge is 0.508 e. The van der Waals surface area contributed by atoms with Crippen LogP contribution < -0.4 is 15.6 Å². The molecule has 28 heavy (non-hydrogen) atoms. The van der Waals surface area contributed by atoms with Crippen LogP contribution in [0, 0.1) is 0 Å². The molecule has 0 unspecified atom stereocenters. The molecule has 0 radical (unpaired) electrons. The van der Waals surface area contributed by atoms with Gasteiger partial charge in [0.2, 0.25) is 0 Å². The van der Waals surface area contributed by atoms with Gasteiger partial charge < -0.3 is 5.11 Å². The number of thiophene rings is 1. The molecule has 7 nitrogen and oxygen atoms in total. The average molecular weight is 415 g/mol. The number of aromatic hydroxyl groups is 1. The molecule has 1 amide bonds. The first-order valence-corrected chi connectivity index (χ1v) is 10.4. The van der Waals surface area contributed by atoms with E-state index < -0.39 is 15.9 Å². The first-order chi connectivity index (χ1) is 13.4. The van der Waals surface area contributed by atoms with Crippen LogP contribution in [0.4, 0.5) is 5.69 Å². The van der Waals surface area contributed by atoms with E-state index in [9.17, 15) is 18.3 Å². The molecule has 0 fully saturated rings. The molecule has 1 heterocycles. The third kappa shape index (κ3) is 4.51. The first-order valence-electron chi connectivity index (χ1n) is 8.07. The monoisotopic (exact) mass is 415 g/mol. The molecule has 144 valence electrons. The van der Waals surface area contributed by atoms with Crippen LogP contribution in [0.25, 0.3) is 5.70 Å². The van der Waals surface area contributed by atoms with Crippen LogP contribution in [0.3, 0.4) is 0 Å². The molecule has 2 aromatic carbocycles. The molecule has 3 rings (SSSR count). The van der Waals surface area contributed by atoms with Gasteiger partial charge in [-0.25, -0.2) is 8.42 Å². The Kier molecular flexibility index (Phi) is 5.67. The first kappa shape index (κ1) is 19.5. The van der Waals surface area contributed by atoms with Crippen LogP contribution in [-0.4, -0.2) is 19.4 Å². The van der Waals surface area contributed by atoms with Crippen molar-refractivity contribution >= 4 is 38.7 Å². The summed E-state index contributed by atoms with van der Waals surface area (Å²) in [6.07, 6.45) is 0. The Bertz CT molecular complexity index is 1090. The van der Waals surface area contributed by atoms with Gasteiger partial charge in [0.15, 0.2) is 0 Å². The van der Waals surface area contributed by atoms with E-state index in [2.05, 4.69) is 22.2 Å². The van der Waals surface area contributed by atoms with Crippen molar-refractivity contribution in [2.75, 3.05) is 4.72 Å². The number of hydrogen-bond acceptors (Lipinski definition) is 6. The fourth-order valence-electron chi connectivity index (χ4n) is 2.32. The second kappa shape index (κ2) is 8.15. The third-order valence-electron chi connectivity index (χ3n) is 3.72. The lowest BCUT2D eigenvalue weighted by molar-refractivity contribution is 0.0943. The Morgan fingerprint density at radius 3 is 2.36 bits per heavy atom. The maximum atomic E-state index is 12.5. The van der Waals surface area contributed by atoms with Gasteiger partial charge in [-0.15, -0.1) is 11.3 Å². The van der Waals surface area contributed by atoms with Gasteiger partial charge in [0.05, 0.1) is 16.9 Å². The highest BCUT2D eigenvalue weighted by molar-refractivity contribution is 7.94. The smallest absolute Gasteiger partial charge is 0.271 e. The maximum absolute atomic E-state index is 12.5. The Morgan fingerprint density at radius 2 is 1.68 bits per heavy atom. The molecule has 0 atom stereocenters. The lowest BCUT2D eigenvalue weighted by atomic mass is 10.1. The second-order valence-electron chi connectivity index (χ2n) is 5.69. The van der Waals surface area contributed by atoms with E-state index in [1.165, 1.54) is 30.3 Å². The number of carbonyl (C=O) groups is 1. The van der Waals surface area contributed by atoms with E-state index in [1.54, 1.807) is 35.7 Å². The van der Waals surface area contributed by atoms with Crippen LogP contribution in [0.5, 0.6) is 5.75 Å². The highest BCUT2D eigenvalue weighted by Gasteiger charge is 2.19. The van der Waals surface area contributed by atoms with Crippen molar-refractivity contribution in [3.63, 3.8) is 0 Å². The number of nitrogens with one attached hydrogen (secondary N) is 3. The van der Waals surface area contributed by atoms with E-state index in [-0.39, 0.29) is 21.2 Å². The van der Waals surface area contributed by atoms with E-state index >= 15 is 0 Å². The van der Waals surface area contributed by atoms with Gasteiger partial charge in [-0.2, -0.15) is 0 Å². The normalized spacial score (nSPS) is 10.9. The number of hydrogen-bond donors (Lipinski definition) is 4. The molecule has 1 aromatic heterocycles. The summed E-state index contributed by atoms with van der Waals surface area (Å²) in [7, 11) is -3.78. The minimum absolute atomic E-state index is 0.118. The fraction of sp³-hybridized carbons (Fsp3) is 0. The zero-order valence-corrected chi connectivity index (χ0v) is 16.2. The van der Waals surface area contributed by atoms with Gasteiger partial charge in [-0.1, -0.05) is 24.8 Å². The lowest BCUT2D eigenvalue weighted by Gasteiger charge is -2.14. The zero-order chi connectivity index (χ0) is 20.1. The summed E-state index contributed by atoms with van der Waals surface area (Å²) in [5.41, 5.74) is 6.56. The number of hydrazine groups is 1. The third-order valence-corrected chi connectivity index (χ3v) is 6.48. The Labute approximate surface area is 166 Å². The number of para-hydroxylation sites is 1. The van der Waals surface area contributed by atoms with E-state index in [0.29, 0.717) is 11.3 Å². The molecule has 0 aliphatic rings. The molecular weight excluding hydrogens is 398 g/mol. The number of rotatable bonds is 7. The van der Waals surface area contributed by atoms with Crippen LogP contribution in [0.15, 0.2) is 76.8 Å². The van der Waals surface area contributed by atoms with Gasteiger partial charge in [0.1, 0.15) is 9.96 Å². The number of amides is 1. The summed E-state index contributed by atoms with van der Waals surface area (Å²) in [6.45, 7) is 3.82. The van der Waals surface area contributed by atoms with Crippen molar-refractivity contribution in [3.8, 4) is 5.75 Å². The number of phenols is 1. The number of anilines is 1. The van der Waals surface area contributed by atoms with Crippen molar-refractivity contribution in [2.24, 2.45) is 0 Å². The van der Waals surface area contributed by atoms with Crippen molar-refractivity contribution < 1.29 is 18.3 Å². The molecule has 3 aromatic rings. The van der Waals surface area contributed by atoms with Gasteiger partial charge in [0, 0.05) is 0 Å². The molecule has 0 saturated carbocycles. The van der Waals surface area contributed by atoms with Crippen molar-refractivity contribution in [2.45, 2.75) is 4.21 Å². The minimum Gasteiger partial charge on any atom is -0.508 e. The van der Waals surface area contributed by atoms with Crippen molar-refractivity contribution in [3.05, 3.63) is 83.7 Å². The van der Waals surface area contributed by atoms with Crippen LogP contribution in [0.1, 0.15) is 15.9 Å². The summed E-state index contributed by atoms with van der Waals surface area (Å²) >= 11 is 1.08. The Hall–Kier alpha value is -3.30. The Balaban J connectivity index is 1.72. The lowest BCUT2D eigenvalue weighted by Crippen LogP contribution is -2.36. The number of sulfonamides is 1. The quantitative estimate of drug-likeness (QED) is 0.444. The zero-order valence-electron chi connectivity index (χ0n) is 14.5. The molecular formula is C19H17N3O4S2. The molecule has 0 aliphatic heterocycles. The number of phenolic OH excluding ortho intramolecular Hbond substituents is 1. The van der Waals surface area contributed by atoms with Crippen molar-refractivity contribution in [1.82, 2.24) is 10.9 Å². The number of carbonyl (C=O) groups excluding carboxylic acids is 1. The summed E-state index contributed by atoms with van der Waals surface area (Å²) in [5, 5.41) is 11.0. The van der Waals surface area contributed by atoms with Gasteiger partial charge in [-0.05, 0) is 53.4 Å².